The fourth-order valence-electron chi connectivity index (χ4n) is 2.27. The molecule has 0 heterocycles. The largest absolute Gasteiger partial charge is 0.423 e. The fourth-order valence-corrected chi connectivity index (χ4v) is 2.73. The number of benzene rings is 3. The second-order valence-electron chi connectivity index (χ2n) is 5.51. The Morgan fingerprint density at radius 1 is 0.926 bits per heavy atom. The van der Waals surface area contributed by atoms with Crippen molar-refractivity contribution in [2.45, 2.75) is 0 Å². The number of hydrogen-bond acceptors (Lipinski definition) is 4. The molecule has 0 fully saturated rings. The van der Waals surface area contributed by atoms with Gasteiger partial charge >= 0.3 is 5.97 Å². The van der Waals surface area contributed by atoms with Crippen LogP contribution < -0.4 is 10.2 Å². The van der Waals surface area contributed by atoms with E-state index in [2.05, 4.69) is 26.5 Å². The second kappa shape index (κ2) is 8.91. The van der Waals surface area contributed by atoms with E-state index in [0.29, 0.717) is 26.9 Å². The van der Waals surface area contributed by atoms with Crippen LogP contribution in [0.4, 0.5) is 0 Å². The van der Waals surface area contributed by atoms with Crippen molar-refractivity contribution < 1.29 is 14.3 Å². The molecule has 3 rings (SSSR count). The first-order valence-corrected chi connectivity index (χ1v) is 8.88. The van der Waals surface area contributed by atoms with Gasteiger partial charge < -0.3 is 4.74 Å². The standard InChI is InChI=1S/C21H15BrN2O3/c22-19-12-5-4-11-18(19)20(25)24-23-14-15-7-6-10-17(13-15)27-21(26)16-8-2-1-3-9-16/h1-14H,(H,24,25)/b23-14-. The highest BCUT2D eigenvalue weighted by molar-refractivity contribution is 9.10. The van der Waals surface area contributed by atoms with Crippen LogP contribution in [0.5, 0.6) is 5.75 Å². The molecule has 0 saturated carbocycles. The maximum Gasteiger partial charge on any atom is 0.343 e. The second-order valence-corrected chi connectivity index (χ2v) is 6.36. The predicted octanol–water partition coefficient (Wildman–Crippen LogP) is 4.43. The van der Waals surface area contributed by atoms with Gasteiger partial charge in [-0.3, -0.25) is 4.79 Å². The molecule has 0 bridgehead atoms. The van der Waals surface area contributed by atoms with Gasteiger partial charge in [-0.2, -0.15) is 5.10 Å². The number of halogens is 1. The molecule has 1 N–H and O–H groups in total. The van der Waals surface area contributed by atoms with Crippen LogP contribution in [0.3, 0.4) is 0 Å². The Bertz CT molecular complexity index is 987. The monoisotopic (exact) mass is 422 g/mol. The molecule has 3 aromatic carbocycles. The van der Waals surface area contributed by atoms with Crippen molar-refractivity contribution in [3.63, 3.8) is 0 Å². The van der Waals surface area contributed by atoms with Crippen LogP contribution in [0.15, 0.2) is 88.4 Å². The average Bonchev–Trinajstić information content (AvgIpc) is 2.69. The Morgan fingerprint density at radius 2 is 1.67 bits per heavy atom. The van der Waals surface area contributed by atoms with E-state index in [9.17, 15) is 9.59 Å². The molecular weight excluding hydrogens is 408 g/mol. The van der Waals surface area contributed by atoms with Crippen LogP contribution in [0, 0.1) is 0 Å². The number of nitrogens with one attached hydrogen (secondary N) is 1. The topological polar surface area (TPSA) is 67.8 Å². The minimum absolute atomic E-state index is 0.328. The number of ether oxygens (including phenoxy) is 1. The van der Waals surface area contributed by atoms with Gasteiger partial charge in [0.25, 0.3) is 5.91 Å². The molecular formula is C21H15BrN2O3. The van der Waals surface area contributed by atoms with Gasteiger partial charge in [0, 0.05) is 4.47 Å². The van der Waals surface area contributed by atoms with Gasteiger partial charge in [-0.05, 0) is 57.9 Å². The summed E-state index contributed by atoms with van der Waals surface area (Å²) >= 11 is 3.32. The zero-order chi connectivity index (χ0) is 19.1. The van der Waals surface area contributed by atoms with Crippen molar-refractivity contribution >= 4 is 34.0 Å². The molecule has 6 heteroatoms. The van der Waals surface area contributed by atoms with Gasteiger partial charge in [-0.25, -0.2) is 10.2 Å². The number of hydrogen-bond donors (Lipinski definition) is 1. The van der Waals surface area contributed by atoms with Crippen molar-refractivity contribution in [3.8, 4) is 5.75 Å². The summed E-state index contributed by atoms with van der Waals surface area (Å²) in [5.74, 6) is -0.373. The van der Waals surface area contributed by atoms with E-state index in [-0.39, 0.29) is 5.91 Å². The lowest BCUT2D eigenvalue weighted by Crippen LogP contribution is -2.18. The van der Waals surface area contributed by atoms with Crippen molar-refractivity contribution in [2.24, 2.45) is 5.10 Å². The van der Waals surface area contributed by atoms with E-state index in [4.69, 9.17) is 4.74 Å². The summed E-state index contributed by atoms with van der Waals surface area (Å²) in [5, 5.41) is 3.95. The molecule has 0 aromatic heterocycles. The van der Waals surface area contributed by atoms with E-state index in [0.717, 1.165) is 0 Å². The van der Waals surface area contributed by atoms with Crippen molar-refractivity contribution in [2.75, 3.05) is 0 Å². The van der Waals surface area contributed by atoms with Crippen molar-refractivity contribution in [1.29, 1.82) is 0 Å². The molecule has 3 aromatic rings. The number of hydrazone groups is 1. The van der Waals surface area contributed by atoms with Crippen molar-refractivity contribution in [1.82, 2.24) is 5.43 Å². The number of nitrogens with zero attached hydrogens (tertiary/aromatic N) is 1. The number of esters is 1. The summed E-state index contributed by atoms with van der Waals surface area (Å²) in [6.07, 6.45) is 1.48. The Labute approximate surface area is 164 Å². The van der Waals surface area contributed by atoms with Crippen molar-refractivity contribution in [3.05, 3.63) is 100 Å². The Morgan fingerprint density at radius 3 is 2.44 bits per heavy atom. The molecule has 0 aliphatic rings. The summed E-state index contributed by atoms with van der Waals surface area (Å²) in [6, 6.07) is 22.7. The molecule has 134 valence electrons. The highest BCUT2D eigenvalue weighted by Crippen LogP contribution is 2.16. The number of amides is 1. The average molecular weight is 423 g/mol. The lowest BCUT2D eigenvalue weighted by atomic mass is 10.2. The highest BCUT2D eigenvalue weighted by atomic mass is 79.9. The van der Waals surface area contributed by atoms with Gasteiger partial charge in [0.05, 0.1) is 17.3 Å². The van der Waals surface area contributed by atoms with Crippen LogP contribution in [-0.2, 0) is 0 Å². The van der Waals surface area contributed by atoms with Gasteiger partial charge in [0.2, 0.25) is 0 Å². The molecule has 0 spiro atoms. The van der Waals surface area contributed by atoms with Gasteiger partial charge in [0.15, 0.2) is 0 Å². The lowest BCUT2D eigenvalue weighted by Gasteiger charge is -2.05. The summed E-state index contributed by atoms with van der Waals surface area (Å²) in [6.45, 7) is 0. The molecule has 0 unspecified atom stereocenters. The minimum Gasteiger partial charge on any atom is -0.423 e. The fraction of sp³-hybridized carbons (Fsp3) is 0. The number of carbonyl (C=O) groups is 2. The summed E-state index contributed by atoms with van der Waals surface area (Å²) in [4.78, 5) is 24.2. The molecule has 0 atom stereocenters. The van der Waals surface area contributed by atoms with Crippen LogP contribution >= 0.6 is 15.9 Å². The summed E-state index contributed by atoms with van der Waals surface area (Å²) < 4.78 is 6.05. The third-order valence-corrected chi connectivity index (χ3v) is 4.27. The van der Waals surface area contributed by atoms with Crippen LogP contribution in [-0.4, -0.2) is 18.1 Å². The van der Waals surface area contributed by atoms with Gasteiger partial charge in [-0.1, -0.05) is 42.5 Å². The van der Waals surface area contributed by atoms with Crippen LogP contribution in [0.1, 0.15) is 26.3 Å². The van der Waals surface area contributed by atoms with E-state index in [1.165, 1.54) is 6.21 Å². The molecule has 0 radical (unpaired) electrons. The van der Waals surface area contributed by atoms with E-state index < -0.39 is 5.97 Å². The Kier molecular flexibility index (Phi) is 6.12. The maximum absolute atomic E-state index is 12.1. The van der Waals surface area contributed by atoms with Gasteiger partial charge in [-0.15, -0.1) is 0 Å². The van der Waals surface area contributed by atoms with Crippen LogP contribution in [0.2, 0.25) is 0 Å². The quantitative estimate of drug-likeness (QED) is 0.286. The first kappa shape index (κ1) is 18.5. The summed E-state index contributed by atoms with van der Waals surface area (Å²) in [7, 11) is 0. The predicted molar refractivity (Wildman–Crippen MR) is 107 cm³/mol. The zero-order valence-corrected chi connectivity index (χ0v) is 15.7. The third-order valence-electron chi connectivity index (χ3n) is 3.58. The molecule has 0 aliphatic heterocycles. The molecule has 5 nitrogen and oxygen atoms in total. The molecule has 0 saturated heterocycles. The Hall–Kier alpha value is -3.25. The lowest BCUT2D eigenvalue weighted by molar-refractivity contribution is 0.0734. The van der Waals surface area contributed by atoms with Crippen LogP contribution in [0.25, 0.3) is 0 Å². The Balaban J connectivity index is 1.64. The highest BCUT2D eigenvalue weighted by Gasteiger charge is 2.09. The van der Waals surface area contributed by atoms with E-state index in [1.54, 1.807) is 66.7 Å². The van der Waals surface area contributed by atoms with E-state index in [1.807, 2.05) is 12.1 Å². The third kappa shape index (κ3) is 5.12. The number of carbonyl (C=O) groups excluding carboxylic acids is 2. The van der Waals surface area contributed by atoms with Gasteiger partial charge in [0.1, 0.15) is 5.75 Å². The first-order chi connectivity index (χ1) is 13.1. The SMILES string of the molecule is O=C(Oc1cccc(/C=N\NC(=O)c2ccccc2Br)c1)c1ccccc1. The molecule has 27 heavy (non-hydrogen) atoms. The smallest absolute Gasteiger partial charge is 0.343 e. The minimum atomic E-state index is -0.438. The summed E-state index contributed by atoms with van der Waals surface area (Å²) in [5.41, 5.74) is 4.10. The maximum atomic E-state index is 12.1. The first-order valence-electron chi connectivity index (χ1n) is 8.09. The molecule has 0 aliphatic carbocycles. The normalized spacial score (nSPS) is 10.6. The van der Waals surface area contributed by atoms with E-state index >= 15 is 0 Å². The molecule has 1 amide bonds. The zero-order valence-electron chi connectivity index (χ0n) is 14.1. The number of rotatable bonds is 5.